The van der Waals surface area contributed by atoms with E-state index in [4.69, 9.17) is 11.6 Å². The molecule has 5 heteroatoms. The number of aromatic hydroxyl groups is 1. The van der Waals surface area contributed by atoms with Crippen molar-refractivity contribution in [2.75, 3.05) is 39.3 Å². The Bertz CT molecular complexity index is 434. The predicted octanol–water partition coefficient (Wildman–Crippen LogP) is 2.11. The van der Waals surface area contributed by atoms with E-state index in [2.05, 4.69) is 16.7 Å². The summed E-state index contributed by atoms with van der Waals surface area (Å²) in [5.74, 6) is 0.0832. The van der Waals surface area contributed by atoms with Crippen molar-refractivity contribution < 1.29 is 10.2 Å². The fraction of sp³-hybridized carbons (Fsp3) is 0.600. The molecule has 1 aliphatic rings. The van der Waals surface area contributed by atoms with Crippen LogP contribution in [0.2, 0.25) is 5.02 Å². The summed E-state index contributed by atoms with van der Waals surface area (Å²) in [5.41, 5.74) is 0.958. The highest BCUT2D eigenvalue weighted by Crippen LogP contribution is 2.29. The third kappa shape index (κ3) is 3.64. The molecule has 4 nitrogen and oxygen atoms in total. The fourth-order valence-corrected chi connectivity index (χ4v) is 2.97. The molecule has 0 saturated carbocycles. The van der Waals surface area contributed by atoms with E-state index < -0.39 is 0 Å². The van der Waals surface area contributed by atoms with Gasteiger partial charge in [-0.1, -0.05) is 24.6 Å². The van der Waals surface area contributed by atoms with Crippen LogP contribution in [0.1, 0.15) is 24.9 Å². The van der Waals surface area contributed by atoms with Crippen molar-refractivity contribution in [3.05, 3.63) is 28.8 Å². The van der Waals surface area contributed by atoms with Gasteiger partial charge in [0.2, 0.25) is 0 Å². The Kier molecular flexibility index (Phi) is 5.66. The number of rotatable bonds is 5. The van der Waals surface area contributed by atoms with E-state index in [1.807, 2.05) is 6.07 Å². The highest BCUT2D eigenvalue weighted by Gasteiger charge is 2.24. The number of halogens is 1. The first-order valence-corrected chi connectivity index (χ1v) is 7.59. The fourth-order valence-electron chi connectivity index (χ4n) is 2.78. The normalized spacial score (nSPS) is 19.1. The molecule has 1 fully saturated rings. The van der Waals surface area contributed by atoms with Gasteiger partial charge in [-0.15, -0.1) is 0 Å². The summed E-state index contributed by atoms with van der Waals surface area (Å²) in [5, 5.41) is 19.5. The maximum Gasteiger partial charge on any atom is 0.134 e. The van der Waals surface area contributed by atoms with Gasteiger partial charge in [0, 0.05) is 26.2 Å². The van der Waals surface area contributed by atoms with Gasteiger partial charge in [-0.05, 0) is 30.7 Å². The van der Waals surface area contributed by atoms with E-state index in [9.17, 15) is 10.2 Å². The lowest BCUT2D eigenvalue weighted by Crippen LogP contribution is -2.48. The second-order valence-electron chi connectivity index (χ2n) is 5.29. The zero-order valence-electron chi connectivity index (χ0n) is 11.9. The number of nitrogens with zero attached hydrogens (tertiary/aromatic N) is 2. The van der Waals surface area contributed by atoms with Gasteiger partial charge in [0.05, 0.1) is 17.7 Å². The Balaban J connectivity index is 2.03. The summed E-state index contributed by atoms with van der Waals surface area (Å²) >= 11 is 5.96. The molecule has 0 radical (unpaired) electrons. The van der Waals surface area contributed by atoms with Gasteiger partial charge in [0.1, 0.15) is 5.75 Å². The molecule has 1 aliphatic heterocycles. The number of benzene rings is 1. The quantitative estimate of drug-likeness (QED) is 0.874. The van der Waals surface area contributed by atoms with E-state index in [1.165, 1.54) is 6.42 Å². The van der Waals surface area contributed by atoms with Crippen LogP contribution in [-0.2, 0) is 0 Å². The van der Waals surface area contributed by atoms with Crippen LogP contribution in [0, 0.1) is 0 Å². The molecule has 1 aromatic carbocycles. The summed E-state index contributed by atoms with van der Waals surface area (Å²) in [6.07, 6.45) is 1.18. The first-order chi connectivity index (χ1) is 9.65. The summed E-state index contributed by atoms with van der Waals surface area (Å²) < 4.78 is 0. The SMILES string of the molecule is CCCN1CCN(C(CO)c2ccc(O)c(Cl)c2)CC1. The van der Waals surface area contributed by atoms with Crippen molar-refractivity contribution in [1.29, 1.82) is 0 Å². The molecule has 1 unspecified atom stereocenters. The Morgan fingerprint density at radius 1 is 1.25 bits per heavy atom. The first kappa shape index (κ1) is 15.6. The number of piperazine rings is 1. The minimum absolute atomic E-state index is 0.0446. The number of aliphatic hydroxyl groups is 1. The Morgan fingerprint density at radius 3 is 2.50 bits per heavy atom. The lowest BCUT2D eigenvalue weighted by molar-refractivity contribution is 0.0651. The monoisotopic (exact) mass is 298 g/mol. The van der Waals surface area contributed by atoms with E-state index >= 15 is 0 Å². The second kappa shape index (κ2) is 7.27. The largest absolute Gasteiger partial charge is 0.506 e. The second-order valence-corrected chi connectivity index (χ2v) is 5.69. The van der Waals surface area contributed by atoms with Crippen molar-refractivity contribution in [2.24, 2.45) is 0 Å². The molecule has 1 heterocycles. The third-order valence-electron chi connectivity index (χ3n) is 3.92. The molecule has 112 valence electrons. The molecule has 0 aromatic heterocycles. The molecule has 0 bridgehead atoms. The lowest BCUT2D eigenvalue weighted by Gasteiger charge is -2.38. The molecule has 1 saturated heterocycles. The predicted molar refractivity (Wildman–Crippen MR) is 81.2 cm³/mol. The zero-order chi connectivity index (χ0) is 14.5. The van der Waals surface area contributed by atoms with Crippen molar-refractivity contribution >= 4 is 11.6 Å². The first-order valence-electron chi connectivity index (χ1n) is 7.21. The van der Waals surface area contributed by atoms with Crippen LogP contribution in [0.25, 0.3) is 0 Å². The molecule has 2 rings (SSSR count). The third-order valence-corrected chi connectivity index (χ3v) is 4.22. The highest BCUT2D eigenvalue weighted by molar-refractivity contribution is 6.32. The van der Waals surface area contributed by atoms with Gasteiger partial charge in [-0.2, -0.15) is 0 Å². The lowest BCUT2D eigenvalue weighted by atomic mass is 10.0. The Morgan fingerprint density at radius 2 is 1.95 bits per heavy atom. The number of phenolic OH excluding ortho intramolecular Hbond substituents is 1. The molecule has 1 atom stereocenters. The highest BCUT2D eigenvalue weighted by atomic mass is 35.5. The zero-order valence-corrected chi connectivity index (χ0v) is 12.7. The average molecular weight is 299 g/mol. The maximum absolute atomic E-state index is 9.70. The smallest absolute Gasteiger partial charge is 0.134 e. The van der Waals surface area contributed by atoms with Crippen molar-refractivity contribution in [2.45, 2.75) is 19.4 Å². The van der Waals surface area contributed by atoms with Crippen molar-refractivity contribution in [1.82, 2.24) is 9.80 Å². The van der Waals surface area contributed by atoms with Gasteiger partial charge < -0.3 is 15.1 Å². The molecular weight excluding hydrogens is 276 g/mol. The van der Waals surface area contributed by atoms with Gasteiger partial charge in [0.15, 0.2) is 0 Å². The van der Waals surface area contributed by atoms with Crippen LogP contribution < -0.4 is 0 Å². The van der Waals surface area contributed by atoms with Crippen molar-refractivity contribution in [3.8, 4) is 5.75 Å². The van der Waals surface area contributed by atoms with Crippen molar-refractivity contribution in [3.63, 3.8) is 0 Å². The van der Waals surface area contributed by atoms with E-state index in [1.54, 1.807) is 12.1 Å². The molecule has 0 amide bonds. The van der Waals surface area contributed by atoms with Crippen LogP contribution in [0.15, 0.2) is 18.2 Å². The van der Waals surface area contributed by atoms with Gasteiger partial charge in [0.25, 0.3) is 0 Å². The van der Waals surface area contributed by atoms with Crippen LogP contribution in [0.5, 0.6) is 5.75 Å². The molecule has 1 aromatic rings. The number of aliphatic hydroxyl groups excluding tert-OH is 1. The van der Waals surface area contributed by atoms with Gasteiger partial charge in [-0.3, -0.25) is 4.90 Å². The standard InChI is InChI=1S/C15H23ClN2O2/c1-2-5-17-6-8-18(9-7-17)14(11-19)12-3-4-15(20)13(16)10-12/h3-4,10,14,19-20H,2,5-9,11H2,1H3. The summed E-state index contributed by atoms with van der Waals surface area (Å²) in [6, 6.07) is 5.13. The molecule has 0 spiro atoms. The van der Waals surface area contributed by atoms with Gasteiger partial charge in [-0.25, -0.2) is 0 Å². The number of phenols is 1. The summed E-state index contributed by atoms with van der Waals surface area (Å²) in [7, 11) is 0. The molecule has 20 heavy (non-hydrogen) atoms. The minimum atomic E-state index is -0.0446. The summed E-state index contributed by atoms with van der Waals surface area (Å²) in [6.45, 7) is 7.37. The van der Waals surface area contributed by atoms with E-state index in [0.717, 1.165) is 38.3 Å². The van der Waals surface area contributed by atoms with Crippen LogP contribution in [0.3, 0.4) is 0 Å². The van der Waals surface area contributed by atoms with Crippen LogP contribution >= 0.6 is 11.6 Å². The van der Waals surface area contributed by atoms with Crippen LogP contribution in [-0.4, -0.2) is 59.3 Å². The Labute approximate surface area is 125 Å². The van der Waals surface area contributed by atoms with E-state index in [-0.39, 0.29) is 18.4 Å². The minimum Gasteiger partial charge on any atom is -0.506 e. The number of hydrogen-bond donors (Lipinski definition) is 2. The average Bonchev–Trinajstić information content (AvgIpc) is 2.46. The Hall–Kier alpha value is -0.810. The molecular formula is C15H23ClN2O2. The molecule has 2 N–H and O–H groups in total. The molecule has 0 aliphatic carbocycles. The van der Waals surface area contributed by atoms with Gasteiger partial charge >= 0.3 is 0 Å². The topological polar surface area (TPSA) is 46.9 Å². The van der Waals surface area contributed by atoms with E-state index in [0.29, 0.717) is 5.02 Å². The number of hydrogen-bond acceptors (Lipinski definition) is 4. The summed E-state index contributed by atoms with van der Waals surface area (Å²) in [4.78, 5) is 4.74. The van der Waals surface area contributed by atoms with Crippen LogP contribution in [0.4, 0.5) is 0 Å². The maximum atomic E-state index is 9.70.